The highest BCUT2D eigenvalue weighted by molar-refractivity contribution is 5.75. The van der Waals surface area contributed by atoms with E-state index >= 15 is 0 Å². The first-order chi connectivity index (χ1) is 5.08. The van der Waals surface area contributed by atoms with Crippen molar-refractivity contribution in [3.8, 4) is 0 Å². The molecule has 2 rings (SSSR count). The van der Waals surface area contributed by atoms with Gasteiger partial charge in [-0.25, -0.2) is 0 Å². The summed E-state index contributed by atoms with van der Waals surface area (Å²) in [6.07, 6.45) is 0.828. The van der Waals surface area contributed by atoms with Gasteiger partial charge in [0, 0.05) is 0 Å². The minimum atomic E-state index is -0.130. The smallest absolute Gasteiger partial charge is 0.311 e. The number of hydrogen-bond acceptors (Lipinski definition) is 3. The molecule has 62 valence electrons. The predicted molar refractivity (Wildman–Crippen MR) is 38.0 cm³/mol. The lowest BCUT2D eigenvalue weighted by atomic mass is 9.96. The quantitative estimate of drug-likeness (QED) is 0.485. The Balaban J connectivity index is 2.16. The normalized spacial score (nSPS) is 40.4. The summed E-state index contributed by atoms with van der Waals surface area (Å²) in [4.78, 5) is 11.0. The van der Waals surface area contributed by atoms with Crippen LogP contribution in [0.25, 0.3) is 0 Å². The summed E-state index contributed by atoms with van der Waals surface area (Å²) < 4.78 is 10.4. The first-order valence-electron chi connectivity index (χ1n) is 3.93. The second kappa shape index (κ2) is 1.97. The van der Waals surface area contributed by atoms with Crippen LogP contribution in [0.15, 0.2) is 0 Å². The summed E-state index contributed by atoms with van der Waals surface area (Å²) in [7, 11) is 0. The first-order valence-corrected chi connectivity index (χ1v) is 3.93. The van der Waals surface area contributed by atoms with Crippen LogP contribution in [-0.2, 0) is 14.3 Å². The van der Waals surface area contributed by atoms with Crippen molar-refractivity contribution < 1.29 is 14.3 Å². The van der Waals surface area contributed by atoms with Crippen LogP contribution < -0.4 is 0 Å². The molecule has 3 heteroatoms. The van der Waals surface area contributed by atoms with E-state index in [1.807, 2.05) is 13.8 Å². The van der Waals surface area contributed by atoms with Crippen LogP contribution in [0.5, 0.6) is 0 Å². The van der Waals surface area contributed by atoms with E-state index in [1.165, 1.54) is 0 Å². The Labute approximate surface area is 65.7 Å². The SMILES string of the molecule is CC1(C)CC2C(=O)OCC2O1. The number of cyclic esters (lactones) is 1. The lowest BCUT2D eigenvalue weighted by Gasteiger charge is -2.18. The average molecular weight is 156 g/mol. The summed E-state index contributed by atoms with van der Waals surface area (Å²) in [6, 6.07) is 0. The summed E-state index contributed by atoms with van der Waals surface area (Å²) in [5.74, 6) is -0.0782. The molecule has 2 fully saturated rings. The van der Waals surface area contributed by atoms with Crippen molar-refractivity contribution in [1.29, 1.82) is 0 Å². The molecule has 0 aliphatic carbocycles. The molecule has 0 radical (unpaired) electrons. The second-order valence-electron chi connectivity index (χ2n) is 3.86. The Morgan fingerprint density at radius 3 is 2.91 bits per heavy atom. The zero-order valence-electron chi connectivity index (χ0n) is 6.79. The molecule has 2 heterocycles. The summed E-state index contributed by atoms with van der Waals surface area (Å²) >= 11 is 0. The minimum absolute atomic E-state index is 0.00463. The molecule has 0 saturated carbocycles. The van der Waals surface area contributed by atoms with Crippen molar-refractivity contribution in [3.63, 3.8) is 0 Å². The van der Waals surface area contributed by atoms with Crippen LogP contribution in [0, 0.1) is 5.92 Å². The van der Waals surface area contributed by atoms with E-state index in [2.05, 4.69) is 0 Å². The molecular formula is C8H12O3. The molecule has 0 bridgehead atoms. The molecule has 2 aliphatic heterocycles. The Bertz CT molecular complexity index is 198. The van der Waals surface area contributed by atoms with Crippen LogP contribution in [0.2, 0.25) is 0 Å². The van der Waals surface area contributed by atoms with Crippen molar-refractivity contribution in [2.45, 2.75) is 32.0 Å². The molecule has 0 N–H and O–H groups in total. The van der Waals surface area contributed by atoms with Crippen LogP contribution in [0.1, 0.15) is 20.3 Å². The summed E-state index contributed by atoms with van der Waals surface area (Å²) in [5, 5.41) is 0. The number of esters is 1. The fraction of sp³-hybridized carbons (Fsp3) is 0.875. The van der Waals surface area contributed by atoms with Gasteiger partial charge in [0.15, 0.2) is 0 Å². The van der Waals surface area contributed by atoms with Crippen molar-refractivity contribution in [2.24, 2.45) is 5.92 Å². The van der Waals surface area contributed by atoms with Crippen LogP contribution in [-0.4, -0.2) is 24.3 Å². The van der Waals surface area contributed by atoms with E-state index in [0.717, 1.165) is 6.42 Å². The van der Waals surface area contributed by atoms with Crippen molar-refractivity contribution in [1.82, 2.24) is 0 Å². The molecular weight excluding hydrogens is 144 g/mol. The number of carbonyl (C=O) groups is 1. The molecule has 2 unspecified atom stereocenters. The molecule has 11 heavy (non-hydrogen) atoms. The van der Waals surface area contributed by atoms with E-state index in [-0.39, 0.29) is 23.6 Å². The fourth-order valence-electron chi connectivity index (χ4n) is 1.86. The van der Waals surface area contributed by atoms with Crippen LogP contribution >= 0.6 is 0 Å². The maximum atomic E-state index is 11.0. The predicted octanol–water partition coefficient (Wildman–Crippen LogP) is 0.727. The van der Waals surface area contributed by atoms with Gasteiger partial charge in [-0.3, -0.25) is 4.79 Å². The molecule has 0 spiro atoms. The lowest BCUT2D eigenvalue weighted by Crippen LogP contribution is -2.21. The number of carbonyl (C=O) groups excluding carboxylic acids is 1. The number of hydrogen-bond donors (Lipinski definition) is 0. The third-order valence-corrected chi connectivity index (χ3v) is 2.32. The van der Waals surface area contributed by atoms with Gasteiger partial charge in [0.05, 0.1) is 11.5 Å². The van der Waals surface area contributed by atoms with Gasteiger partial charge in [0.1, 0.15) is 12.7 Å². The topological polar surface area (TPSA) is 35.5 Å². The standard InChI is InChI=1S/C8H12O3/c1-8(2)3-5-6(11-8)4-10-7(5)9/h5-6H,3-4H2,1-2H3. The van der Waals surface area contributed by atoms with Gasteiger partial charge >= 0.3 is 5.97 Å². The third-order valence-electron chi connectivity index (χ3n) is 2.32. The average Bonchev–Trinajstić information content (AvgIpc) is 2.31. The van der Waals surface area contributed by atoms with Crippen LogP contribution in [0.3, 0.4) is 0 Å². The van der Waals surface area contributed by atoms with E-state index < -0.39 is 0 Å². The van der Waals surface area contributed by atoms with Crippen molar-refractivity contribution in [2.75, 3.05) is 6.61 Å². The molecule has 2 aliphatic rings. The highest BCUT2D eigenvalue weighted by Crippen LogP contribution is 2.38. The van der Waals surface area contributed by atoms with E-state index in [4.69, 9.17) is 9.47 Å². The molecule has 0 aromatic rings. The van der Waals surface area contributed by atoms with Gasteiger partial charge in [0.25, 0.3) is 0 Å². The molecule has 0 aromatic carbocycles. The van der Waals surface area contributed by atoms with E-state index in [9.17, 15) is 4.79 Å². The number of fused-ring (bicyclic) bond motifs is 1. The maximum Gasteiger partial charge on any atom is 0.311 e. The monoisotopic (exact) mass is 156 g/mol. The molecule has 2 atom stereocenters. The van der Waals surface area contributed by atoms with Crippen molar-refractivity contribution in [3.05, 3.63) is 0 Å². The van der Waals surface area contributed by atoms with Gasteiger partial charge in [-0.2, -0.15) is 0 Å². The number of ether oxygens (including phenoxy) is 2. The zero-order chi connectivity index (χ0) is 8.06. The molecule has 0 amide bonds. The Hall–Kier alpha value is -0.570. The van der Waals surface area contributed by atoms with E-state index in [0.29, 0.717) is 6.61 Å². The molecule has 0 aromatic heterocycles. The lowest BCUT2D eigenvalue weighted by molar-refractivity contribution is -0.142. The van der Waals surface area contributed by atoms with Crippen LogP contribution in [0.4, 0.5) is 0 Å². The van der Waals surface area contributed by atoms with E-state index in [1.54, 1.807) is 0 Å². The van der Waals surface area contributed by atoms with Gasteiger partial charge in [-0.05, 0) is 20.3 Å². The zero-order valence-corrected chi connectivity index (χ0v) is 6.79. The van der Waals surface area contributed by atoms with Gasteiger partial charge < -0.3 is 9.47 Å². The van der Waals surface area contributed by atoms with Gasteiger partial charge in [-0.15, -0.1) is 0 Å². The Morgan fingerprint density at radius 1 is 1.55 bits per heavy atom. The largest absolute Gasteiger partial charge is 0.463 e. The van der Waals surface area contributed by atoms with Crippen molar-refractivity contribution >= 4 is 5.97 Å². The summed E-state index contributed by atoms with van der Waals surface area (Å²) in [5.41, 5.74) is -0.130. The van der Waals surface area contributed by atoms with Gasteiger partial charge in [0.2, 0.25) is 0 Å². The minimum Gasteiger partial charge on any atom is -0.463 e. The Kier molecular flexibility index (Phi) is 1.27. The highest BCUT2D eigenvalue weighted by Gasteiger charge is 2.49. The molecule has 3 nitrogen and oxygen atoms in total. The number of rotatable bonds is 0. The maximum absolute atomic E-state index is 11.0. The Morgan fingerprint density at radius 2 is 2.27 bits per heavy atom. The second-order valence-corrected chi connectivity index (χ2v) is 3.86. The molecule has 2 saturated heterocycles. The third kappa shape index (κ3) is 1.03. The summed E-state index contributed by atoms with van der Waals surface area (Å²) in [6.45, 7) is 4.48. The highest BCUT2D eigenvalue weighted by atomic mass is 16.6. The fourth-order valence-corrected chi connectivity index (χ4v) is 1.86. The van der Waals surface area contributed by atoms with Gasteiger partial charge in [-0.1, -0.05) is 0 Å². The first kappa shape index (κ1) is 7.10.